The van der Waals surface area contributed by atoms with Crippen molar-refractivity contribution in [2.75, 3.05) is 44.3 Å². The molecule has 0 amide bonds. The van der Waals surface area contributed by atoms with Crippen molar-refractivity contribution in [3.05, 3.63) is 47.8 Å². The first-order valence-corrected chi connectivity index (χ1v) is 10.7. The topological polar surface area (TPSA) is 62.6 Å². The monoisotopic (exact) mass is 390 g/mol. The number of aryl methyl sites for hydroxylation is 1. The molecule has 1 aliphatic heterocycles. The number of hydrogen-bond acceptors (Lipinski definition) is 6. The zero-order valence-corrected chi connectivity index (χ0v) is 16.8. The van der Waals surface area contributed by atoms with Gasteiger partial charge in [-0.1, -0.05) is 18.2 Å². The van der Waals surface area contributed by atoms with Gasteiger partial charge in [-0.15, -0.1) is 0 Å². The van der Waals surface area contributed by atoms with Gasteiger partial charge in [0.1, 0.15) is 18.5 Å². The van der Waals surface area contributed by atoms with Crippen molar-refractivity contribution in [2.24, 2.45) is 7.05 Å². The van der Waals surface area contributed by atoms with Gasteiger partial charge in [-0.05, 0) is 24.6 Å². The van der Waals surface area contributed by atoms with Crippen LogP contribution in [0.25, 0.3) is 0 Å². The number of hydrogen-bond donors (Lipinski definition) is 2. The van der Waals surface area contributed by atoms with E-state index in [1.165, 1.54) is 5.56 Å². The highest BCUT2D eigenvalue weighted by molar-refractivity contribution is 7.99. The van der Waals surface area contributed by atoms with Crippen LogP contribution in [0.1, 0.15) is 11.1 Å². The molecule has 0 radical (unpaired) electrons. The lowest BCUT2D eigenvalue weighted by molar-refractivity contribution is 0.0711. The van der Waals surface area contributed by atoms with Crippen LogP contribution in [0.3, 0.4) is 0 Å². The quantitative estimate of drug-likeness (QED) is 0.600. The van der Waals surface area contributed by atoms with Crippen LogP contribution in [0.4, 0.5) is 0 Å². The normalized spacial score (nSPS) is 16.4. The molecule has 2 heterocycles. The summed E-state index contributed by atoms with van der Waals surface area (Å²) in [5, 5.41) is 18.0. The number of para-hydroxylation sites is 1. The molecule has 0 aliphatic carbocycles. The number of ether oxygens (including phenoxy) is 1. The number of aromatic nitrogens is 2. The molecule has 6 nitrogen and oxygen atoms in total. The van der Waals surface area contributed by atoms with Crippen LogP contribution < -0.4 is 10.1 Å². The molecule has 148 valence electrons. The second-order valence-electron chi connectivity index (χ2n) is 6.93. The highest BCUT2D eigenvalue weighted by atomic mass is 32.2. The van der Waals surface area contributed by atoms with Gasteiger partial charge < -0.3 is 15.2 Å². The van der Waals surface area contributed by atoms with E-state index in [9.17, 15) is 5.11 Å². The summed E-state index contributed by atoms with van der Waals surface area (Å²) >= 11 is 1.98. The summed E-state index contributed by atoms with van der Waals surface area (Å²) in [5.74, 6) is 3.15. The number of nitrogens with one attached hydrogen (secondary N) is 1. The average molecular weight is 391 g/mol. The summed E-state index contributed by atoms with van der Waals surface area (Å²) in [6.45, 7) is 4.76. The third-order valence-electron chi connectivity index (χ3n) is 4.64. The Morgan fingerprint density at radius 2 is 2.11 bits per heavy atom. The molecule has 7 heteroatoms. The third-order valence-corrected chi connectivity index (χ3v) is 5.58. The molecule has 0 unspecified atom stereocenters. The van der Waals surface area contributed by atoms with Gasteiger partial charge in [-0.25, -0.2) is 0 Å². The maximum Gasteiger partial charge on any atom is 0.123 e. The molecule has 27 heavy (non-hydrogen) atoms. The van der Waals surface area contributed by atoms with Crippen LogP contribution >= 0.6 is 11.8 Å². The summed E-state index contributed by atoms with van der Waals surface area (Å²) in [6.07, 6.45) is 4.44. The number of β-amino-alcohol motifs (C(OH)–C–C–N with tert-alkyl or cyclic N) is 1. The summed E-state index contributed by atoms with van der Waals surface area (Å²) in [5.41, 5.74) is 2.35. The van der Waals surface area contributed by atoms with E-state index in [4.69, 9.17) is 4.74 Å². The fraction of sp³-hybridized carbons (Fsp3) is 0.550. The zero-order chi connectivity index (χ0) is 18.9. The Bertz CT molecular complexity index is 688. The van der Waals surface area contributed by atoms with E-state index >= 15 is 0 Å². The average Bonchev–Trinajstić information content (AvgIpc) is 3.10. The number of aliphatic hydroxyl groups excluding tert-OH is 1. The Morgan fingerprint density at radius 1 is 1.30 bits per heavy atom. The van der Waals surface area contributed by atoms with Crippen molar-refractivity contribution in [1.29, 1.82) is 0 Å². The molecule has 1 aromatic carbocycles. The van der Waals surface area contributed by atoms with Gasteiger partial charge >= 0.3 is 0 Å². The molecular weight excluding hydrogens is 360 g/mol. The minimum Gasteiger partial charge on any atom is -0.491 e. The molecule has 1 aromatic heterocycles. The van der Waals surface area contributed by atoms with Crippen LogP contribution in [-0.4, -0.2) is 70.2 Å². The molecule has 1 fully saturated rings. The first-order valence-electron chi connectivity index (χ1n) is 9.58. The highest BCUT2D eigenvalue weighted by Crippen LogP contribution is 2.18. The fourth-order valence-electron chi connectivity index (χ4n) is 3.17. The standard InChI is InChI=1S/C20H30N4O2S/c1-23-14-17(12-22-23)6-7-21-13-18-4-2-3-5-20(18)26-16-19(25)15-24-8-10-27-11-9-24/h2-5,12,14,19,21,25H,6-11,13,15-16H2,1H3/t19-/m0/s1. The summed E-state index contributed by atoms with van der Waals surface area (Å²) in [4.78, 5) is 2.32. The Hall–Kier alpha value is -1.54. The Balaban J connectivity index is 1.41. The van der Waals surface area contributed by atoms with Crippen LogP contribution in [0.15, 0.2) is 36.7 Å². The Labute approximate surface area is 165 Å². The third kappa shape index (κ3) is 6.84. The molecule has 2 N–H and O–H groups in total. The first kappa shape index (κ1) is 20.2. The minimum absolute atomic E-state index is 0.330. The lowest BCUT2D eigenvalue weighted by Gasteiger charge is -2.28. The molecule has 1 aliphatic rings. The maximum atomic E-state index is 10.3. The second kappa shape index (κ2) is 10.7. The van der Waals surface area contributed by atoms with Gasteiger partial charge in [0.2, 0.25) is 0 Å². The van der Waals surface area contributed by atoms with Crippen LogP contribution in [0.5, 0.6) is 5.75 Å². The number of thioether (sulfide) groups is 1. The maximum absolute atomic E-state index is 10.3. The summed E-state index contributed by atoms with van der Waals surface area (Å²) in [7, 11) is 1.93. The van der Waals surface area contributed by atoms with Crippen molar-refractivity contribution in [3.63, 3.8) is 0 Å². The number of nitrogens with zero attached hydrogens (tertiary/aromatic N) is 3. The van der Waals surface area contributed by atoms with E-state index in [1.54, 1.807) is 0 Å². The number of benzene rings is 1. The zero-order valence-electron chi connectivity index (χ0n) is 16.0. The molecule has 0 saturated carbocycles. The molecule has 1 saturated heterocycles. The van der Waals surface area contributed by atoms with Gasteiger partial charge in [0.05, 0.1) is 6.20 Å². The first-order chi connectivity index (χ1) is 13.2. The molecule has 2 aromatic rings. The molecule has 0 bridgehead atoms. The Kier molecular flexibility index (Phi) is 8.01. The van der Waals surface area contributed by atoms with Gasteiger partial charge in [0.25, 0.3) is 0 Å². The van der Waals surface area contributed by atoms with Crippen LogP contribution in [0, 0.1) is 0 Å². The van der Waals surface area contributed by atoms with E-state index in [-0.39, 0.29) is 0 Å². The largest absolute Gasteiger partial charge is 0.491 e. The van der Waals surface area contributed by atoms with Crippen molar-refractivity contribution < 1.29 is 9.84 Å². The van der Waals surface area contributed by atoms with Gasteiger partial charge in [-0.2, -0.15) is 16.9 Å². The second-order valence-corrected chi connectivity index (χ2v) is 8.16. The van der Waals surface area contributed by atoms with E-state index in [0.717, 1.165) is 55.4 Å². The number of rotatable bonds is 10. The Morgan fingerprint density at radius 3 is 2.89 bits per heavy atom. The van der Waals surface area contributed by atoms with Crippen molar-refractivity contribution in [3.8, 4) is 5.75 Å². The van der Waals surface area contributed by atoms with Gasteiger partial charge in [0, 0.05) is 56.5 Å². The lowest BCUT2D eigenvalue weighted by Crippen LogP contribution is -2.40. The van der Waals surface area contributed by atoms with Crippen LogP contribution in [-0.2, 0) is 20.0 Å². The van der Waals surface area contributed by atoms with E-state index in [2.05, 4.69) is 21.4 Å². The lowest BCUT2D eigenvalue weighted by atomic mass is 10.2. The van der Waals surface area contributed by atoms with E-state index < -0.39 is 6.10 Å². The highest BCUT2D eigenvalue weighted by Gasteiger charge is 2.15. The van der Waals surface area contributed by atoms with E-state index in [1.807, 2.05) is 54.1 Å². The van der Waals surface area contributed by atoms with Crippen LogP contribution in [0.2, 0.25) is 0 Å². The van der Waals surface area contributed by atoms with E-state index in [0.29, 0.717) is 13.2 Å². The summed E-state index contributed by atoms with van der Waals surface area (Å²) < 4.78 is 7.75. The predicted octanol–water partition coefficient (Wildman–Crippen LogP) is 1.54. The SMILES string of the molecule is Cn1cc(CCNCc2ccccc2OC[C@@H](O)CN2CCSCC2)cn1. The van der Waals surface area contributed by atoms with Gasteiger partial charge in [-0.3, -0.25) is 9.58 Å². The van der Waals surface area contributed by atoms with Gasteiger partial charge in [0.15, 0.2) is 0 Å². The number of aliphatic hydroxyl groups is 1. The van der Waals surface area contributed by atoms with Crippen molar-refractivity contribution in [1.82, 2.24) is 20.0 Å². The molecule has 0 spiro atoms. The summed E-state index contributed by atoms with van der Waals surface area (Å²) in [6, 6.07) is 8.04. The fourth-order valence-corrected chi connectivity index (χ4v) is 4.15. The minimum atomic E-state index is -0.459. The predicted molar refractivity (Wildman–Crippen MR) is 110 cm³/mol. The molecule has 3 rings (SSSR count). The van der Waals surface area contributed by atoms with Crippen molar-refractivity contribution in [2.45, 2.75) is 19.1 Å². The molecular formula is C20H30N4O2S. The molecule has 1 atom stereocenters. The van der Waals surface area contributed by atoms with Crippen molar-refractivity contribution >= 4 is 11.8 Å². The smallest absolute Gasteiger partial charge is 0.123 e.